The Morgan fingerprint density at radius 3 is 2.45 bits per heavy atom. The van der Waals surface area contributed by atoms with Crippen molar-refractivity contribution in [1.29, 1.82) is 0 Å². The van der Waals surface area contributed by atoms with Gasteiger partial charge in [0, 0.05) is 19.0 Å². The summed E-state index contributed by atoms with van der Waals surface area (Å²) in [6.07, 6.45) is 4.54. The first kappa shape index (κ1) is 20.0. The van der Waals surface area contributed by atoms with Gasteiger partial charge < -0.3 is 5.32 Å². The lowest BCUT2D eigenvalue weighted by Crippen LogP contribution is -2.33. The number of carbonyl (C=O) groups is 1. The zero-order valence-corrected chi connectivity index (χ0v) is 16.9. The van der Waals surface area contributed by atoms with Gasteiger partial charge in [0.25, 0.3) is 0 Å². The van der Waals surface area contributed by atoms with Crippen molar-refractivity contribution in [3.63, 3.8) is 0 Å². The second-order valence-corrected chi connectivity index (χ2v) is 9.87. The molecule has 0 aromatic heterocycles. The van der Waals surface area contributed by atoms with Crippen molar-refractivity contribution in [2.24, 2.45) is 17.8 Å². The minimum Gasteiger partial charge on any atom is -0.352 e. The predicted molar refractivity (Wildman–Crippen MR) is 108 cm³/mol. The van der Waals surface area contributed by atoms with Crippen LogP contribution in [0.15, 0.2) is 53.4 Å². The molecule has 2 saturated carbocycles. The molecule has 2 N–H and O–H groups in total. The third kappa shape index (κ3) is 4.67. The number of halogens is 1. The highest BCUT2D eigenvalue weighted by Gasteiger charge is 2.42. The normalized spacial score (nSPS) is 23.3. The summed E-state index contributed by atoms with van der Waals surface area (Å²) in [6.45, 7) is 0.311. The zero-order chi connectivity index (χ0) is 20.4. The van der Waals surface area contributed by atoms with E-state index in [2.05, 4.69) is 10.0 Å². The Morgan fingerprint density at radius 1 is 1.00 bits per heavy atom. The number of sulfonamides is 1. The number of nitrogens with one attached hydrogen (secondary N) is 2. The lowest BCUT2D eigenvalue weighted by atomic mass is 9.88. The average molecular weight is 417 g/mol. The van der Waals surface area contributed by atoms with Gasteiger partial charge in [0.05, 0.1) is 4.90 Å². The molecule has 0 radical (unpaired) electrons. The Bertz CT molecular complexity index is 1010. The minimum absolute atomic E-state index is 0.00525. The molecule has 0 spiro atoms. The molecule has 5 nitrogen and oxygen atoms in total. The molecule has 0 saturated heterocycles. The average Bonchev–Trinajstić information content (AvgIpc) is 3.35. The van der Waals surface area contributed by atoms with Crippen LogP contribution in [0, 0.1) is 23.6 Å². The molecule has 7 heteroatoms. The van der Waals surface area contributed by atoms with Crippen LogP contribution < -0.4 is 10.0 Å². The largest absolute Gasteiger partial charge is 0.352 e. The Kier molecular flexibility index (Phi) is 5.69. The van der Waals surface area contributed by atoms with Crippen molar-refractivity contribution in [2.75, 3.05) is 0 Å². The smallest absolute Gasteiger partial charge is 0.240 e. The summed E-state index contributed by atoms with van der Waals surface area (Å²) in [5, 5.41) is 2.97. The number of hydrogen-bond donors (Lipinski definition) is 2. The van der Waals surface area contributed by atoms with E-state index in [0.29, 0.717) is 23.9 Å². The molecule has 1 amide bonds. The first-order valence-electron chi connectivity index (χ1n) is 10.0. The van der Waals surface area contributed by atoms with Gasteiger partial charge in [-0.15, -0.1) is 0 Å². The molecule has 2 aromatic rings. The van der Waals surface area contributed by atoms with E-state index < -0.39 is 15.8 Å². The van der Waals surface area contributed by atoms with E-state index >= 15 is 0 Å². The Balaban J connectivity index is 1.36. The fraction of sp³-hybridized carbons (Fsp3) is 0.409. The number of amides is 1. The summed E-state index contributed by atoms with van der Waals surface area (Å²) in [6, 6.07) is 12.3. The molecule has 2 aliphatic rings. The van der Waals surface area contributed by atoms with Gasteiger partial charge in [0.2, 0.25) is 15.9 Å². The molecule has 3 atom stereocenters. The maximum absolute atomic E-state index is 13.3. The quantitative estimate of drug-likeness (QED) is 0.727. The van der Waals surface area contributed by atoms with Crippen LogP contribution in [0.2, 0.25) is 0 Å². The van der Waals surface area contributed by atoms with Gasteiger partial charge >= 0.3 is 0 Å². The van der Waals surface area contributed by atoms with Crippen molar-refractivity contribution in [3.8, 4) is 0 Å². The van der Waals surface area contributed by atoms with Crippen LogP contribution in [0.4, 0.5) is 4.39 Å². The lowest BCUT2D eigenvalue weighted by Gasteiger charge is -2.20. The molecule has 154 valence electrons. The molecular weight excluding hydrogens is 391 g/mol. The lowest BCUT2D eigenvalue weighted by molar-refractivity contribution is -0.126. The molecule has 0 heterocycles. The van der Waals surface area contributed by atoms with Gasteiger partial charge in [-0.3, -0.25) is 4.79 Å². The third-order valence-electron chi connectivity index (χ3n) is 6.11. The fourth-order valence-electron chi connectivity index (χ4n) is 4.62. The predicted octanol–water partition coefficient (Wildman–Crippen LogP) is 3.36. The monoisotopic (exact) mass is 416 g/mol. The van der Waals surface area contributed by atoms with Gasteiger partial charge in [-0.1, -0.05) is 30.7 Å². The highest BCUT2D eigenvalue weighted by atomic mass is 32.2. The van der Waals surface area contributed by atoms with E-state index in [1.807, 2.05) is 0 Å². The van der Waals surface area contributed by atoms with Gasteiger partial charge in [-0.25, -0.2) is 17.5 Å². The van der Waals surface area contributed by atoms with Crippen LogP contribution in [-0.2, 0) is 27.9 Å². The number of fused-ring (bicyclic) bond motifs is 2. The van der Waals surface area contributed by atoms with Gasteiger partial charge in [0.1, 0.15) is 5.82 Å². The summed E-state index contributed by atoms with van der Waals surface area (Å²) in [7, 11) is -3.74. The van der Waals surface area contributed by atoms with Gasteiger partial charge in [0.15, 0.2) is 0 Å². The number of rotatable bonds is 7. The standard InChI is InChI=1S/C22H25FN2O3S/c23-19-5-1-3-16(10-19)14-25-29(27,28)20-6-2-4-17(11-20)13-24-22(26)21-12-15-7-8-18(21)9-15/h1-6,10-11,15,18,21,25H,7-9,12-14H2,(H,24,26). The molecule has 29 heavy (non-hydrogen) atoms. The minimum atomic E-state index is -3.74. The van der Waals surface area contributed by atoms with Crippen LogP contribution in [0.3, 0.4) is 0 Å². The number of benzene rings is 2. The van der Waals surface area contributed by atoms with Gasteiger partial charge in [-0.2, -0.15) is 0 Å². The fourth-order valence-corrected chi connectivity index (χ4v) is 5.70. The summed E-state index contributed by atoms with van der Waals surface area (Å²) in [5.74, 6) is 0.991. The summed E-state index contributed by atoms with van der Waals surface area (Å²) >= 11 is 0. The van der Waals surface area contributed by atoms with Crippen LogP contribution in [-0.4, -0.2) is 14.3 Å². The van der Waals surface area contributed by atoms with Crippen molar-refractivity contribution >= 4 is 15.9 Å². The van der Waals surface area contributed by atoms with Crippen LogP contribution in [0.1, 0.15) is 36.8 Å². The van der Waals surface area contributed by atoms with Crippen molar-refractivity contribution in [2.45, 2.75) is 43.7 Å². The second kappa shape index (κ2) is 8.24. The maximum atomic E-state index is 13.3. The molecular formula is C22H25FN2O3S. The molecule has 2 aliphatic carbocycles. The van der Waals surface area contributed by atoms with E-state index in [0.717, 1.165) is 18.4 Å². The second-order valence-electron chi connectivity index (χ2n) is 8.10. The van der Waals surface area contributed by atoms with Crippen molar-refractivity contribution in [3.05, 3.63) is 65.5 Å². The molecule has 2 aromatic carbocycles. The number of carbonyl (C=O) groups excluding carboxylic acids is 1. The van der Waals surface area contributed by atoms with Gasteiger partial charge in [-0.05, 0) is 66.5 Å². The SMILES string of the molecule is O=C(NCc1cccc(S(=O)(=O)NCc2cccc(F)c2)c1)C1CC2CCC1C2. The van der Waals surface area contributed by atoms with E-state index in [4.69, 9.17) is 0 Å². The Hall–Kier alpha value is -2.25. The van der Waals surface area contributed by atoms with E-state index in [1.54, 1.807) is 30.3 Å². The van der Waals surface area contributed by atoms with E-state index in [-0.39, 0.29) is 23.3 Å². The molecule has 4 rings (SSSR count). The summed E-state index contributed by atoms with van der Waals surface area (Å²) in [5.41, 5.74) is 1.28. The maximum Gasteiger partial charge on any atom is 0.240 e. The topological polar surface area (TPSA) is 75.3 Å². The molecule has 2 fully saturated rings. The number of hydrogen-bond acceptors (Lipinski definition) is 3. The van der Waals surface area contributed by atoms with Crippen molar-refractivity contribution < 1.29 is 17.6 Å². The highest BCUT2D eigenvalue weighted by molar-refractivity contribution is 7.89. The van der Waals surface area contributed by atoms with Crippen LogP contribution >= 0.6 is 0 Å². The zero-order valence-electron chi connectivity index (χ0n) is 16.1. The van der Waals surface area contributed by atoms with E-state index in [1.165, 1.54) is 31.0 Å². The van der Waals surface area contributed by atoms with Crippen LogP contribution in [0.5, 0.6) is 0 Å². The highest BCUT2D eigenvalue weighted by Crippen LogP contribution is 2.48. The first-order valence-corrected chi connectivity index (χ1v) is 11.5. The molecule has 0 aliphatic heterocycles. The van der Waals surface area contributed by atoms with Crippen molar-refractivity contribution in [1.82, 2.24) is 10.0 Å². The third-order valence-corrected chi connectivity index (χ3v) is 7.50. The van der Waals surface area contributed by atoms with Crippen LogP contribution in [0.25, 0.3) is 0 Å². The Morgan fingerprint density at radius 2 is 1.76 bits per heavy atom. The molecule has 3 unspecified atom stereocenters. The summed E-state index contributed by atoms with van der Waals surface area (Å²) in [4.78, 5) is 12.6. The Labute approximate surface area is 170 Å². The molecule has 2 bridgehead atoms. The van der Waals surface area contributed by atoms with E-state index in [9.17, 15) is 17.6 Å². The summed E-state index contributed by atoms with van der Waals surface area (Å²) < 4.78 is 40.9. The first-order chi connectivity index (χ1) is 13.9.